The maximum atomic E-state index is 12.6. The lowest BCUT2D eigenvalue weighted by Crippen LogP contribution is -2.40. The molecule has 0 radical (unpaired) electrons. The SMILES string of the molecule is CC#CCC1=CCCN(S(=O)(=O)c2ccc(C)cc2)C1=O. The molecule has 0 aromatic heterocycles. The molecule has 0 saturated carbocycles. The molecule has 110 valence electrons. The third-order valence-electron chi connectivity index (χ3n) is 3.29. The van der Waals surface area contributed by atoms with Crippen molar-refractivity contribution < 1.29 is 13.2 Å². The average molecular weight is 303 g/mol. The maximum Gasteiger partial charge on any atom is 0.266 e. The summed E-state index contributed by atoms with van der Waals surface area (Å²) in [5.41, 5.74) is 1.42. The highest BCUT2D eigenvalue weighted by Gasteiger charge is 2.32. The van der Waals surface area contributed by atoms with E-state index in [1.165, 1.54) is 12.1 Å². The minimum absolute atomic E-state index is 0.143. The Bertz CT molecular complexity index is 734. The molecule has 2 rings (SSSR count). The topological polar surface area (TPSA) is 54.5 Å². The fraction of sp³-hybridized carbons (Fsp3) is 0.312. The van der Waals surface area contributed by atoms with Crippen LogP contribution in [0.2, 0.25) is 0 Å². The van der Waals surface area contributed by atoms with E-state index in [2.05, 4.69) is 11.8 Å². The molecule has 4 nitrogen and oxygen atoms in total. The smallest absolute Gasteiger partial charge is 0.266 e. The van der Waals surface area contributed by atoms with Gasteiger partial charge in [0.25, 0.3) is 15.9 Å². The van der Waals surface area contributed by atoms with Crippen molar-refractivity contribution in [1.82, 2.24) is 4.31 Å². The van der Waals surface area contributed by atoms with Crippen LogP contribution in [-0.4, -0.2) is 25.2 Å². The highest BCUT2D eigenvalue weighted by Crippen LogP contribution is 2.23. The summed E-state index contributed by atoms with van der Waals surface area (Å²) in [7, 11) is -3.79. The lowest BCUT2D eigenvalue weighted by atomic mass is 10.1. The first-order valence-electron chi connectivity index (χ1n) is 6.69. The van der Waals surface area contributed by atoms with Crippen LogP contribution in [-0.2, 0) is 14.8 Å². The molecule has 1 aromatic carbocycles. The van der Waals surface area contributed by atoms with E-state index in [1.54, 1.807) is 25.1 Å². The summed E-state index contributed by atoms with van der Waals surface area (Å²) in [6, 6.07) is 6.50. The second-order valence-electron chi connectivity index (χ2n) is 4.82. The number of rotatable bonds is 3. The van der Waals surface area contributed by atoms with Crippen molar-refractivity contribution >= 4 is 15.9 Å². The van der Waals surface area contributed by atoms with Gasteiger partial charge in [0.2, 0.25) is 0 Å². The summed E-state index contributed by atoms with van der Waals surface area (Å²) in [5, 5.41) is 0. The Balaban J connectivity index is 2.32. The Hall–Kier alpha value is -2.06. The molecule has 0 spiro atoms. The maximum absolute atomic E-state index is 12.6. The van der Waals surface area contributed by atoms with E-state index in [9.17, 15) is 13.2 Å². The average Bonchev–Trinajstić information content (AvgIpc) is 2.46. The molecule has 0 atom stereocenters. The van der Waals surface area contributed by atoms with Crippen molar-refractivity contribution in [3.05, 3.63) is 41.5 Å². The van der Waals surface area contributed by atoms with Crippen LogP contribution in [0, 0.1) is 18.8 Å². The molecule has 0 saturated heterocycles. The van der Waals surface area contributed by atoms with Crippen LogP contribution < -0.4 is 0 Å². The molecule has 0 fully saturated rings. The van der Waals surface area contributed by atoms with E-state index in [4.69, 9.17) is 0 Å². The van der Waals surface area contributed by atoms with Crippen LogP contribution in [0.5, 0.6) is 0 Å². The van der Waals surface area contributed by atoms with Gasteiger partial charge in [-0.1, -0.05) is 29.7 Å². The van der Waals surface area contributed by atoms with Gasteiger partial charge < -0.3 is 0 Å². The summed E-state index contributed by atoms with van der Waals surface area (Å²) in [6.07, 6.45) is 2.58. The van der Waals surface area contributed by atoms with Gasteiger partial charge in [-0.05, 0) is 32.4 Å². The third-order valence-corrected chi connectivity index (χ3v) is 5.09. The Kier molecular flexibility index (Phi) is 4.49. The summed E-state index contributed by atoms with van der Waals surface area (Å²) >= 11 is 0. The summed E-state index contributed by atoms with van der Waals surface area (Å²) < 4.78 is 26.1. The van der Waals surface area contributed by atoms with Crippen LogP contribution in [0.15, 0.2) is 40.8 Å². The molecule has 5 heteroatoms. The van der Waals surface area contributed by atoms with Gasteiger partial charge in [0.05, 0.1) is 4.90 Å². The zero-order chi connectivity index (χ0) is 15.5. The van der Waals surface area contributed by atoms with Gasteiger partial charge in [-0.25, -0.2) is 12.7 Å². The van der Waals surface area contributed by atoms with Gasteiger partial charge in [0.1, 0.15) is 0 Å². The number of carbonyl (C=O) groups excluding carboxylic acids is 1. The first-order valence-corrected chi connectivity index (χ1v) is 8.13. The monoisotopic (exact) mass is 303 g/mol. The van der Waals surface area contributed by atoms with Gasteiger partial charge in [0, 0.05) is 18.5 Å². The molecule has 1 aliphatic rings. The lowest BCUT2D eigenvalue weighted by molar-refractivity contribution is -0.123. The standard InChI is InChI=1S/C16H17NO3S/c1-3-4-6-14-7-5-12-17(16(14)18)21(19,20)15-10-8-13(2)9-11-15/h7-11H,5-6,12H2,1-2H3. The van der Waals surface area contributed by atoms with Crippen molar-refractivity contribution in [2.45, 2.75) is 31.6 Å². The zero-order valence-electron chi connectivity index (χ0n) is 12.1. The van der Waals surface area contributed by atoms with Crippen LogP contribution in [0.4, 0.5) is 0 Å². The third kappa shape index (κ3) is 3.17. The van der Waals surface area contributed by atoms with Gasteiger partial charge in [-0.3, -0.25) is 4.79 Å². The summed E-state index contributed by atoms with van der Waals surface area (Å²) in [4.78, 5) is 12.5. The normalized spacial score (nSPS) is 15.2. The van der Waals surface area contributed by atoms with Gasteiger partial charge >= 0.3 is 0 Å². The van der Waals surface area contributed by atoms with Crippen molar-refractivity contribution in [3.63, 3.8) is 0 Å². The Morgan fingerprint density at radius 2 is 1.90 bits per heavy atom. The predicted molar refractivity (Wildman–Crippen MR) is 80.8 cm³/mol. The van der Waals surface area contributed by atoms with Crippen LogP contribution in [0.3, 0.4) is 0 Å². The van der Waals surface area contributed by atoms with E-state index >= 15 is 0 Å². The number of carbonyl (C=O) groups is 1. The number of sulfonamides is 1. The number of aryl methyl sites for hydroxylation is 1. The van der Waals surface area contributed by atoms with Crippen LogP contribution in [0.1, 0.15) is 25.3 Å². The number of amides is 1. The minimum Gasteiger partial charge on any atom is -0.268 e. The fourth-order valence-corrected chi connectivity index (χ4v) is 3.52. The Morgan fingerprint density at radius 1 is 1.24 bits per heavy atom. The number of hydrogen-bond donors (Lipinski definition) is 0. The lowest BCUT2D eigenvalue weighted by Gasteiger charge is -2.26. The Labute approximate surface area is 125 Å². The molecule has 1 aliphatic heterocycles. The highest BCUT2D eigenvalue weighted by molar-refractivity contribution is 7.89. The first kappa shape index (κ1) is 15.3. The summed E-state index contributed by atoms with van der Waals surface area (Å²) in [6.45, 7) is 3.75. The zero-order valence-corrected chi connectivity index (χ0v) is 12.9. The molecule has 21 heavy (non-hydrogen) atoms. The predicted octanol–water partition coefficient (Wildman–Crippen LogP) is 2.26. The molecular formula is C16H17NO3S. The number of nitrogens with zero attached hydrogens (tertiary/aromatic N) is 1. The Morgan fingerprint density at radius 3 is 2.52 bits per heavy atom. The quantitative estimate of drug-likeness (QED) is 0.805. The second-order valence-corrected chi connectivity index (χ2v) is 6.68. The molecule has 0 unspecified atom stereocenters. The second kappa shape index (κ2) is 6.15. The molecule has 0 bridgehead atoms. The number of benzene rings is 1. The fourth-order valence-electron chi connectivity index (χ4n) is 2.10. The molecule has 1 aromatic rings. The summed E-state index contributed by atoms with van der Waals surface area (Å²) in [5.74, 6) is 5.06. The minimum atomic E-state index is -3.79. The van der Waals surface area contributed by atoms with Crippen LogP contribution >= 0.6 is 0 Å². The van der Waals surface area contributed by atoms with Crippen LogP contribution in [0.25, 0.3) is 0 Å². The van der Waals surface area contributed by atoms with E-state index in [-0.39, 0.29) is 17.9 Å². The van der Waals surface area contributed by atoms with Gasteiger partial charge in [-0.2, -0.15) is 0 Å². The van der Waals surface area contributed by atoms with Gasteiger partial charge in [0.15, 0.2) is 0 Å². The van der Waals surface area contributed by atoms with Crippen molar-refractivity contribution in [2.24, 2.45) is 0 Å². The molecule has 1 heterocycles. The molecular weight excluding hydrogens is 286 g/mol. The molecule has 1 amide bonds. The number of hydrogen-bond acceptors (Lipinski definition) is 3. The van der Waals surface area contributed by atoms with E-state index in [0.29, 0.717) is 12.0 Å². The first-order chi connectivity index (χ1) is 9.96. The van der Waals surface area contributed by atoms with Gasteiger partial charge in [-0.15, -0.1) is 5.92 Å². The largest absolute Gasteiger partial charge is 0.268 e. The van der Waals surface area contributed by atoms with E-state index in [0.717, 1.165) is 9.87 Å². The van der Waals surface area contributed by atoms with Crippen molar-refractivity contribution in [3.8, 4) is 11.8 Å². The van der Waals surface area contributed by atoms with E-state index < -0.39 is 15.9 Å². The highest BCUT2D eigenvalue weighted by atomic mass is 32.2. The molecule has 0 N–H and O–H groups in total. The molecule has 0 aliphatic carbocycles. The van der Waals surface area contributed by atoms with Crippen molar-refractivity contribution in [2.75, 3.05) is 6.54 Å². The van der Waals surface area contributed by atoms with Crippen molar-refractivity contribution in [1.29, 1.82) is 0 Å². The van der Waals surface area contributed by atoms with E-state index in [1.807, 2.05) is 6.92 Å².